The normalized spacial score (nSPS) is 9.89. The van der Waals surface area contributed by atoms with E-state index in [1.165, 1.54) is 6.92 Å². The second-order valence-electron chi connectivity index (χ2n) is 3.99. The van der Waals surface area contributed by atoms with E-state index in [1.54, 1.807) is 0 Å². The average molecular weight is 250 g/mol. The molecule has 2 amide bonds. The predicted molar refractivity (Wildman–Crippen MR) is 67.5 cm³/mol. The second-order valence-corrected chi connectivity index (χ2v) is 3.99. The van der Waals surface area contributed by atoms with Crippen LogP contribution in [-0.4, -0.2) is 23.5 Å². The predicted octanol–water partition coefficient (Wildman–Crippen LogP) is 0.321. The Labute approximate surface area is 106 Å². The summed E-state index contributed by atoms with van der Waals surface area (Å²) in [6.45, 7) is 2.17. The van der Waals surface area contributed by atoms with Crippen molar-refractivity contribution in [2.24, 2.45) is 0 Å². The summed E-state index contributed by atoms with van der Waals surface area (Å²) >= 11 is 0. The maximum atomic E-state index is 11.4. The molecule has 1 aromatic rings. The SMILES string of the molecule is CC(=O)NCCC(=O)NCc1cccc(CO)c1. The Morgan fingerprint density at radius 2 is 1.94 bits per heavy atom. The third-order valence-electron chi connectivity index (χ3n) is 2.39. The molecule has 0 fully saturated rings. The first-order valence-electron chi connectivity index (χ1n) is 5.81. The van der Waals surface area contributed by atoms with Crippen molar-refractivity contribution in [3.8, 4) is 0 Å². The minimum absolute atomic E-state index is 0.00961. The van der Waals surface area contributed by atoms with Gasteiger partial charge in [-0.25, -0.2) is 0 Å². The molecule has 18 heavy (non-hydrogen) atoms. The zero-order chi connectivity index (χ0) is 13.4. The first kappa shape index (κ1) is 14.2. The van der Waals surface area contributed by atoms with E-state index >= 15 is 0 Å². The number of carbonyl (C=O) groups excluding carboxylic acids is 2. The van der Waals surface area contributed by atoms with Gasteiger partial charge in [0.05, 0.1) is 6.61 Å². The van der Waals surface area contributed by atoms with Gasteiger partial charge < -0.3 is 15.7 Å². The summed E-state index contributed by atoms with van der Waals surface area (Å²) in [4.78, 5) is 22.0. The lowest BCUT2D eigenvalue weighted by molar-refractivity contribution is -0.121. The molecule has 0 aliphatic carbocycles. The molecule has 0 saturated heterocycles. The maximum Gasteiger partial charge on any atom is 0.222 e. The summed E-state index contributed by atoms with van der Waals surface area (Å²) in [6.07, 6.45) is 0.263. The van der Waals surface area contributed by atoms with E-state index in [9.17, 15) is 9.59 Å². The highest BCUT2D eigenvalue weighted by atomic mass is 16.3. The van der Waals surface area contributed by atoms with Crippen LogP contribution in [0.25, 0.3) is 0 Å². The highest BCUT2D eigenvalue weighted by Crippen LogP contribution is 2.04. The monoisotopic (exact) mass is 250 g/mol. The molecule has 1 rings (SSSR count). The number of aliphatic hydroxyl groups excluding tert-OH is 1. The van der Waals surface area contributed by atoms with E-state index in [4.69, 9.17) is 5.11 Å². The van der Waals surface area contributed by atoms with Crippen molar-refractivity contribution >= 4 is 11.8 Å². The van der Waals surface area contributed by atoms with E-state index in [-0.39, 0.29) is 24.8 Å². The van der Waals surface area contributed by atoms with Crippen molar-refractivity contribution in [3.63, 3.8) is 0 Å². The van der Waals surface area contributed by atoms with Gasteiger partial charge >= 0.3 is 0 Å². The molecular weight excluding hydrogens is 232 g/mol. The van der Waals surface area contributed by atoms with Crippen molar-refractivity contribution in [1.82, 2.24) is 10.6 Å². The number of hydrogen-bond acceptors (Lipinski definition) is 3. The molecule has 3 N–H and O–H groups in total. The molecule has 0 spiro atoms. The molecule has 0 unspecified atom stereocenters. The van der Waals surface area contributed by atoms with Gasteiger partial charge in [0.1, 0.15) is 0 Å². The zero-order valence-electron chi connectivity index (χ0n) is 10.4. The summed E-state index contributed by atoms with van der Waals surface area (Å²) in [6, 6.07) is 7.38. The lowest BCUT2D eigenvalue weighted by Crippen LogP contribution is -2.29. The summed E-state index contributed by atoms with van der Waals surface area (Å²) in [5.41, 5.74) is 1.76. The number of aliphatic hydroxyl groups is 1. The number of amides is 2. The largest absolute Gasteiger partial charge is 0.392 e. The molecule has 5 nitrogen and oxygen atoms in total. The van der Waals surface area contributed by atoms with Crippen LogP contribution in [0.3, 0.4) is 0 Å². The van der Waals surface area contributed by atoms with E-state index < -0.39 is 0 Å². The molecule has 0 bridgehead atoms. The third-order valence-corrected chi connectivity index (χ3v) is 2.39. The smallest absolute Gasteiger partial charge is 0.222 e. The minimum atomic E-state index is -0.140. The summed E-state index contributed by atoms with van der Waals surface area (Å²) in [7, 11) is 0. The Morgan fingerprint density at radius 1 is 1.22 bits per heavy atom. The van der Waals surface area contributed by atoms with Crippen LogP contribution in [-0.2, 0) is 22.7 Å². The average Bonchev–Trinajstić information content (AvgIpc) is 2.36. The lowest BCUT2D eigenvalue weighted by atomic mass is 10.1. The molecule has 98 valence electrons. The molecule has 0 aliphatic rings. The van der Waals surface area contributed by atoms with E-state index in [0.717, 1.165) is 11.1 Å². The highest BCUT2D eigenvalue weighted by Gasteiger charge is 2.02. The Hall–Kier alpha value is -1.88. The Bertz CT molecular complexity index is 418. The fraction of sp³-hybridized carbons (Fsp3) is 0.385. The fourth-order valence-electron chi connectivity index (χ4n) is 1.48. The fourth-order valence-corrected chi connectivity index (χ4v) is 1.48. The lowest BCUT2D eigenvalue weighted by Gasteiger charge is -2.06. The number of carbonyl (C=O) groups is 2. The van der Waals surface area contributed by atoms with Crippen LogP contribution in [0.1, 0.15) is 24.5 Å². The maximum absolute atomic E-state index is 11.4. The molecule has 1 aromatic carbocycles. The molecule has 0 atom stereocenters. The van der Waals surface area contributed by atoms with Gasteiger partial charge in [-0.1, -0.05) is 24.3 Å². The molecule has 5 heteroatoms. The third kappa shape index (κ3) is 5.45. The van der Waals surface area contributed by atoms with Gasteiger partial charge in [0.15, 0.2) is 0 Å². The van der Waals surface area contributed by atoms with Crippen LogP contribution >= 0.6 is 0 Å². The van der Waals surface area contributed by atoms with Crippen LogP contribution in [0.15, 0.2) is 24.3 Å². The highest BCUT2D eigenvalue weighted by molar-refractivity contribution is 5.77. The first-order valence-corrected chi connectivity index (χ1v) is 5.81. The van der Waals surface area contributed by atoms with Gasteiger partial charge in [0.25, 0.3) is 0 Å². The molecule has 0 heterocycles. The zero-order valence-corrected chi connectivity index (χ0v) is 10.4. The number of benzene rings is 1. The van der Waals surface area contributed by atoms with E-state index in [0.29, 0.717) is 13.1 Å². The molecule has 0 aromatic heterocycles. The quantitative estimate of drug-likeness (QED) is 0.680. The molecule has 0 aliphatic heterocycles. The van der Waals surface area contributed by atoms with Crippen LogP contribution < -0.4 is 10.6 Å². The van der Waals surface area contributed by atoms with Crippen LogP contribution in [0, 0.1) is 0 Å². The standard InChI is InChI=1S/C13H18N2O3/c1-10(17)14-6-5-13(18)15-8-11-3-2-4-12(7-11)9-16/h2-4,7,16H,5-6,8-9H2,1H3,(H,14,17)(H,15,18). The Morgan fingerprint density at radius 3 is 2.61 bits per heavy atom. The molecule has 0 radical (unpaired) electrons. The second kappa shape index (κ2) is 7.45. The molecule has 0 saturated carbocycles. The van der Waals surface area contributed by atoms with Crippen molar-refractivity contribution in [1.29, 1.82) is 0 Å². The van der Waals surface area contributed by atoms with E-state index in [1.807, 2.05) is 24.3 Å². The van der Waals surface area contributed by atoms with Gasteiger partial charge in [-0.3, -0.25) is 9.59 Å². The van der Waals surface area contributed by atoms with Crippen LogP contribution in [0.4, 0.5) is 0 Å². The van der Waals surface area contributed by atoms with Gasteiger partial charge in [-0.05, 0) is 11.1 Å². The van der Waals surface area contributed by atoms with Crippen LogP contribution in [0.2, 0.25) is 0 Å². The van der Waals surface area contributed by atoms with Crippen molar-refractivity contribution in [2.75, 3.05) is 6.54 Å². The van der Waals surface area contributed by atoms with E-state index in [2.05, 4.69) is 10.6 Å². The van der Waals surface area contributed by atoms with Gasteiger partial charge in [-0.15, -0.1) is 0 Å². The molecular formula is C13H18N2O3. The summed E-state index contributed by atoms with van der Waals surface area (Å²) in [5, 5.41) is 14.3. The van der Waals surface area contributed by atoms with Gasteiger partial charge in [0, 0.05) is 26.4 Å². The van der Waals surface area contributed by atoms with Crippen LogP contribution in [0.5, 0.6) is 0 Å². The first-order chi connectivity index (χ1) is 8.61. The topological polar surface area (TPSA) is 78.4 Å². The minimum Gasteiger partial charge on any atom is -0.392 e. The Balaban J connectivity index is 2.31. The van der Waals surface area contributed by atoms with Gasteiger partial charge in [0.2, 0.25) is 11.8 Å². The van der Waals surface area contributed by atoms with Crippen molar-refractivity contribution in [3.05, 3.63) is 35.4 Å². The number of hydrogen-bond donors (Lipinski definition) is 3. The van der Waals surface area contributed by atoms with Crippen molar-refractivity contribution < 1.29 is 14.7 Å². The number of rotatable bonds is 6. The number of nitrogens with one attached hydrogen (secondary N) is 2. The van der Waals surface area contributed by atoms with Crippen molar-refractivity contribution in [2.45, 2.75) is 26.5 Å². The summed E-state index contributed by atoms with van der Waals surface area (Å²) in [5.74, 6) is -0.253. The van der Waals surface area contributed by atoms with Gasteiger partial charge in [-0.2, -0.15) is 0 Å². The summed E-state index contributed by atoms with van der Waals surface area (Å²) < 4.78 is 0. The Kier molecular flexibility index (Phi) is 5.87.